The second kappa shape index (κ2) is 20.1. The van der Waals surface area contributed by atoms with Gasteiger partial charge in [0.05, 0.1) is 22.8 Å². The van der Waals surface area contributed by atoms with Gasteiger partial charge >= 0.3 is 39.0 Å². The molecule has 4 rings (SSSR count). The predicted octanol–water partition coefficient (Wildman–Crippen LogP) is 1.45. The molecule has 0 unspecified atom stereocenters. The van der Waals surface area contributed by atoms with E-state index in [-0.39, 0.29) is 39.0 Å². The fourth-order valence-corrected chi connectivity index (χ4v) is 3.89. The maximum atomic E-state index is 13.3. The molecular formula is C29H32N6O3Zn2+2. The molecular weight excluding hydrogens is 611 g/mol. The summed E-state index contributed by atoms with van der Waals surface area (Å²) in [5, 5.41) is 22.2. The molecule has 0 N–H and O–H groups in total. The van der Waals surface area contributed by atoms with Crippen LogP contribution in [0.4, 0.5) is 0 Å². The first-order valence-electron chi connectivity index (χ1n) is 12.4. The average molecular weight is 643 g/mol. The van der Waals surface area contributed by atoms with E-state index < -0.39 is 12.1 Å². The van der Waals surface area contributed by atoms with Crippen LogP contribution in [0.1, 0.15) is 29.7 Å². The van der Waals surface area contributed by atoms with E-state index in [1.54, 1.807) is 24.8 Å². The van der Waals surface area contributed by atoms with Gasteiger partial charge in [0.15, 0.2) is 0 Å². The Balaban J connectivity index is 0.00000125. The van der Waals surface area contributed by atoms with Crippen LogP contribution in [0.25, 0.3) is 0 Å². The zero-order chi connectivity index (χ0) is 27.0. The Morgan fingerprint density at radius 3 is 1.07 bits per heavy atom. The number of carboxylic acid groups (broad SMARTS) is 1. The molecule has 0 atom stereocenters. The van der Waals surface area contributed by atoms with Gasteiger partial charge in [-0.15, -0.1) is 6.10 Å². The first-order chi connectivity index (χ1) is 18.5. The molecule has 4 heterocycles. The van der Waals surface area contributed by atoms with E-state index >= 15 is 0 Å². The van der Waals surface area contributed by atoms with E-state index in [1.807, 2.05) is 72.8 Å². The molecule has 11 heteroatoms. The minimum Gasteiger partial charge on any atom is -0.850 e. The normalized spacial score (nSPS) is 10.3. The summed E-state index contributed by atoms with van der Waals surface area (Å²) >= 11 is 0. The standard InChI is InChI=1S/C27H29N6O.C2H4O2.2Zn/c34-27(21-32(17-23-9-1-5-13-28-23)18-24-10-2-6-14-29-24)22-33(19-25-11-3-7-15-30-25)20-26-12-4-8-16-31-26;1-2(3)4;;/h1-16,27H,17-22H2;1H3,(H,3,4);;/q-1;;2*+2/p-1. The Morgan fingerprint density at radius 1 is 0.625 bits per heavy atom. The van der Waals surface area contributed by atoms with Gasteiger partial charge < -0.3 is 15.0 Å². The van der Waals surface area contributed by atoms with Crippen LogP contribution in [0, 0.1) is 0 Å². The third kappa shape index (κ3) is 14.5. The van der Waals surface area contributed by atoms with Crippen molar-refractivity contribution in [1.82, 2.24) is 29.7 Å². The summed E-state index contributed by atoms with van der Waals surface area (Å²) in [4.78, 5) is 30.9. The zero-order valence-electron chi connectivity index (χ0n) is 22.9. The van der Waals surface area contributed by atoms with Crippen LogP contribution in [-0.4, -0.2) is 54.9 Å². The van der Waals surface area contributed by atoms with Crippen molar-refractivity contribution in [3.8, 4) is 0 Å². The van der Waals surface area contributed by atoms with Gasteiger partial charge in [0.25, 0.3) is 0 Å². The molecule has 0 saturated heterocycles. The van der Waals surface area contributed by atoms with Gasteiger partial charge in [-0.2, -0.15) is 0 Å². The van der Waals surface area contributed by atoms with Crippen LogP contribution in [0.5, 0.6) is 0 Å². The van der Waals surface area contributed by atoms with Gasteiger partial charge in [-0.3, -0.25) is 29.7 Å². The van der Waals surface area contributed by atoms with Crippen molar-refractivity contribution in [1.29, 1.82) is 0 Å². The second-order valence-corrected chi connectivity index (χ2v) is 8.74. The number of carbonyl (C=O) groups is 1. The third-order valence-electron chi connectivity index (χ3n) is 5.37. The Bertz CT molecular complexity index is 1020. The van der Waals surface area contributed by atoms with Crippen LogP contribution in [0.2, 0.25) is 0 Å². The topological polar surface area (TPSA) is 121 Å². The summed E-state index contributed by atoms with van der Waals surface area (Å²) in [6.07, 6.45) is 6.31. The number of aliphatic carboxylic acids is 1. The number of pyridine rings is 4. The van der Waals surface area contributed by atoms with Crippen LogP contribution in [0.3, 0.4) is 0 Å². The molecule has 40 heavy (non-hydrogen) atoms. The molecule has 0 aromatic carbocycles. The molecule has 4 aromatic heterocycles. The number of rotatable bonds is 12. The largest absolute Gasteiger partial charge is 2.00 e. The summed E-state index contributed by atoms with van der Waals surface area (Å²) < 4.78 is 0. The van der Waals surface area contributed by atoms with Gasteiger partial charge in [0.2, 0.25) is 0 Å². The van der Waals surface area contributed by atoms with Crippen molar-refractivity contribution in [2.24, 2.45) is 0 Å². The molecule has 0 aliphatic heterocycles. The van der Waals surface area contributed by atoms with Gasteiger partial charge in [-0.25, -0.2) is 0 Å². The maximum absolute atomic E-state index is 13.3. The monoisotopic (exact) mass is 640 g/mol. The SMILES string of the molecule is CC(=O)[O-].[O-]C(CN(Cc1ccccn1)Cc1ccccn1)CN(Cc1ccccn1)Cc1ccccn1.[Zn+2].[Zn+2]. The molecule has 0 aliphatic rings. The van der Waals surface area contributed by atoms with Crippen molar-refractivity contribution in [3.63, 3.8) is 0 Å². The van der Waals surface area contributed by atoms with Crippen LogP contribution in [-0.2, 0) is 69.9 Å². The molecule has 0 radical (unpaired) electrons. The molecule has 0 bridgehead atoms. The molecule has 198 valence electrons. The molecule has 0 spiro atoms. The predicted molar refractivity (Wildman–Crippen MR) is 140 cm³/mol. The quantitative estimate of drug-likeness (QED) is 0.211. The summed E-state index contributed by atoms with van der Waals surface area (Å²) in [6.45, 7) is 4.11. The minimum atomic E-state index is -1.08. The smallest absolute Gasteiger partial charge is 0.850 e. The number of nitrogens with zero attached hydrogens (tertiary/aromatic N) is 6. The first-order valence-corrected chi connectivity index (χ1v) is 12.4. The van der Waals surface area contributed by atoms with E-state index in [1.165, 1.54) is 0 Å². The maximum Gasteiger partial charge on any atom is 2.00 e. The molecule has 0 fully saturated rings. The number of hydrogen-bond acceptors (Lipinski definition) is 9. The number of hydrogen-bond donors (Lipinski definition) is 0. The first kappa shape index (κ1) is 35.2. The number of carbonyl (C=O) groups excluding carboxylic acids is 1. The van der Waals surface area contributed by atoms with Crippen molar-refractivity contribution in [2.45, 2.75) is 39.2 Å². The van der Waals surface area contributed by atoms with E-state index in [0.29, 0.717) is 39.3 Å². The van der Waals surface area contributed by atoms with Gasteiger partial charge in [-0.05, 0) is 68.5 Å². The summed E-state index contributed by atoms with van der Waals surface area (Å²) in [5.74, 6) is -1.08. The molecule has 9 nitrogen and oxygen atoms in total. The van der Waals surface area contributed by atoms with E-state index in [0.717, 1.165) is 29.7 Å². The van der Waals surface area contributed by atoms with E-state index in [9.17, 15) is 5.11 Å². The fraction of sp³-hybridized carbons (Fsp3) is 0.276. The minimum absolute atomic E-state index is 0. The summed E-state index contributed by atoms with van der Waals surface area (Å²) in [6, 6.07) is 23.4. The third-order valence-corrected chi connectivity index (χ3v) is 5.37. The number of aromatic nitrogens is 4. The van der Waals surface area contributed by atoms with Crippen LogP contribution in [0.15, 0.2) is 97.6 Å². The Morgan fingerprint density at radius 2 is 0.875 bits per heavy atom. The van der Waals surface area contributed by atoms with Crippen molar-refractivity contribution in [3.05, 3.63) is 120 Å². The molecule has 0 saturated carbocycles. The van der Waals surface area contributed by atoms with E-state index in [4.69, 9.17) is 9.90 Å². The molecule has 0 amide bonds. The molecule has 4 aromatic rings. The van der Waals surface area contributed by atoms with Gasteiger partial charge in [-0.1, -0.05) is 24.3 Å². The Kier molecular flexibility index (Phi) is 17.7. The zero-order valence-corrected chi connectivity index (χ0v) is 28.8. The van der Waals surface area contributed by atoms with Crippen molar-refractivity contribution >= 4 is 5.97 Å². The summed E-state index contributed by atoms with van der Waals surface area (Å²) in [5.41, 5.74) is 3.74. The Labute approximate surface area is 261 Å². The van der Waals surface area contributed by atoms with Crippen molar-refractivity contribution < 1.29 is 54.0 Å². The van der Waals surface area contributed by atoms with Crippen LogP contribution >= 0.6 is 0 Å². The molecule has 0 aliphatic carbocycles. The van der Waals surface area contributed by atoms with E-state index in [2.05, 4.69) is 29.7 Å². The van der Waals surface area contributed by atoms with Gasteiger partial charge in [0, 0.05) is 56.9 Å². The second-order valence-electron chi connectivity index (χ2n) is 8.74. The Hall–Kier alpha value is -2.80. The van der Waals surface area contributed by atoms with Crippen molar-refractivity contribution in [2.75, 3.05) is 13.1 Å². The fourth-order valence-electron chi connectivity index (χ4n) is 3.89. The van der Waals surface area contributed by atoms with Crippen LogP contribution < -0.4 is 10.2 Å². The van der Waals surface area contributed by atoms with Gasteiger partial charge in [0.1, 0.15) is 0 Å². The number of carboxylic acids is 1. The summed E-state index contributed by atoms with van der Waals surface area (Å²) in [7, 11) is 0. The average Bonchev–Trinajstić information content (AvgIpc) is 2.90.